The maximum absolute atomic E-state index is 14.9. The van der Waals surface area contributed by atoms with Gasteiger partial charge in [-0.1, -0.05) is 79.0 Å². The van der Waals surface area contributed by atoms with Crippen molar-refractivity contribution in [1.29, 1.82) is 0 Å². The first-order chi connectivity index (χ1) is 24.9. The lowest BCUT2D eigenvalue weighted by molar-refractivity contribution is -0.147. The van der Waals surface area contributed by atoms with E-state index in [-0.39, 0.29) is 66.9 Å². The Morgan fingerprint density at radius 2 is 1.72 bits per heavy atom. The highest BCUT2D eigenvalue weighted by Gasteiger charge is 2.57. The smallest absolute Gasteiger partial charge is 0.407 e. The van der Waals surface area contributed by atoms with Crippen LogP contribution in [-0.4, -0.2) is 84.8 Å². The Bertz CT molecular complexity index is 1440. The SMILES string of the molecule is C#CCCC(NC(=O)C1[C@@H](C(C)C)CCN1C(=O)C(NC(=O)C1C(=C)C1C(COC(=O)NCC)C(C)(C)C)C1(C)CCCCC1)C(=O)C(=O)NCC=C. The third-order valence-corrected chi connectivity index (χ3v) is 11.5. The number of ketones is 1. The number of Topliss-reactive ketones (excluding diaryl/α,β-unsaturated/α-hetero) is 1. The molecule has 0 spiro atoms. The number of rotatable bonds is 17. The summed E-state index contributed by atoms with van der Waals surface area (Å²) in [5, 5.41) is 11.1. The minimum absolute atomic E-state index is 0.0177. The van der Waals surface area contributed by atoms with Crippen LogP contribution in [0.3, 0.4) is 0 Å². The van der Waals surface area contributed by atoms with E-state index in [0.717, 1.165) is 37.7 Å². The van der Waals surface area contributed by atoms with Crippen molar-refractivity contribution in [2.45, 2.75) is 118 Å². The molecule has 2 saturated carbocycles. The van der Waals surface area contributed by atoms with Gasteiger partial charge >= 0.3 is 6.09 Å². The van der Waals surface area contributed by atoms with E-state index < -0.39 is 53.1 Å². The van der Waals surface area contributed by atoms with E-state index in [1.54, 1.807) is 11.8 Å². The summed E-state index contributed by atoms with van der Waals surface area (Å²) in [6, 6.07) is -3.01. The van der Waals surface area contributed by atoms with Gasteiger partial charge in [0.25, 0.3) is 5.91 Å². The van der Waals surface area contributed by atoms with Crippen LogP contribution >= 0.6 is 0 Å². The Balaban J connectivity index is 1.92. The second-order valence-corrected chi connectivity index (χ2v) is 16.7. The van der Waals surface area contributed by atoms with Crippen LogP contribution in [0, 0.1) is 52.8 Å². The van der Waals surface area contributed by atoms with E-state index >= 15 is 0 Å². The average Bonchev–Trinajstić information content (AvgIpc) is 3.53. The van der Waals surface area contributed by atoms with Crippen LogP contribution in [0.5, 0.6) is 0 Å². The molecule has 1 heterocycles. The summed E-state index contributed by atoms with van der Waals surface area (Å²) in [5.74, 6) is -1.57. The van der Waals surface area contributed by atoms with Gasteiger partial charge in [0.1, 0.15) is 12.1 Å². The highest BCUT2D eigenvalue weighted by molar-refractivity contribution is 6.38. The van der Waals surface area contributed by atoms with Gasteiger partial charge in [0.2, 0.25) is 23.5 Å². The van der Waals surface area contributed by atoms with Crippen molar-refractivity contribution in [2.75, 3.05) is 26.2 Å². The highest BCUT2D eigenvalue weighted by atomic mass is 16.5. The molecule has 0 aromatic rings. The van der Waals surface area contributed by atoms with Crippen LogP contribution < -0.4 is 21.3 Å². The van der Waals surface area contributed by atoms with Crippen molar-refractivity contribution in [3.05, 3.63) is 24.8 Å². The molecule has 53 heavy (non-hydrogen) atoms. The maximum Gasteiger partial charge on any atom is 0.407 e. The number of terminal acetylenes is 1. The van der Waals surface area contributed by atoms with Crippen LogP contribution in [0.4, 0.5) is 4.79 Å². The first kappa shape index (κ1) is 43.3. The normalized spacial score (nSPS) is 23.8. The third-order valence-electron chi connectivity index (χ3n) is 11.5. The van der Waals surface area contributed by atoms with E-state index in [4.69, 9.17) is 11.2 Å². The molecule has 12 nitrogen and oxygen atoms in total. The number of amides is 5. The Labute approximate surface area is 316 Å². The quantitative estimate of drug-likeness (QED) is 0.0984. The van der Waals surface area contributed by atoms with Gasteiger partial charge in [0.15, 0.2) is 0 Å². The molecule has 294 valence electrons. The number of alkyl carbamates (subject to hydrolysis) is 1. The molecule has 3 rings (SSSR count). The van der Waals surface area contributed by atoms with Crippen molar-refractivity contribution in [3.8, 4) is 12.3 Å². The summed E-state index contributed by atoms with van der Waals surface area (Å²) in [7, 11) is 0. The molecule has 0 aromatic carbocycles. The van der Waals surface area contributed by atoms with Crippen molar-refractivity contribution in [2.24, 2.45) is 40.4 Å². The first-order valence-electron chi connectivity index (χ1n) is 19.3. The number of nitrogens with zero attached hydrogens (tertiary/aromatic N) is 1. The number of carbonyl (C=O) groups excluding carboxylic acids is 6. The molecule has 7 atom stereocenters. The minimum Gasteiger partial charge on any atom is -0.449 e. The van der Waals surface area contributed by atoms with Crippen LogP contribution in [-0.2, 0) is 28.7 Å². The summed E-state index contributed by atoms with van der Waals surface area (Å²) in [5.41, 5.74) is -0.138. The molecule has 6 unspecified atom stereocenters. The second kappa shape index (κ2) is 18.8. The fraction of sp³-hybridized carbons (Fsp3) is 0.707. The van der Waals surface area contributed by atoms with Gasteiger partial charge in [-0.15, -0.1) is 18.9 Å². The first-order valence-corrected chi connectivity index (χ1v) is 19.3. The molecule has 3 aliphatic rings. The third kappa shape index (κ3) is 10.7. The summed E-state index contributed by atoms with van der Waals surface area (Å²) in [6.45, 7) is 22.7. The molecule has 5 amide bonds. The fourth-order valence-corrected chi connectivity index (χ4v) is 8.25. The lowest BCUT2D eigenvalue weighted by Gasteiger charge is -2.43. The standard InChI is InChI=1S/C41H63N5O7/c1-11-14-18-29(33(47)37(50)43-22-12-2)44-36(49)32-27(25(4)5)19-23-46(32)38(51)34(41(10)20-16-15-17-21-41)45-35(48)31-26(6)30(31)28(40(7,8)9)24-53-39(52)42-13-3/h1,12,25,27-32,34H,2,6,13-24H2,3-5,7-10H3,(H,42,52)(H,43,50)(H,44,49)(H,45,48)/t27-,28?,29?,30?,31?,32?,34?/m1/s1. The maximum atomic E-state index is 14.9. The number of ether oxygens (including phenoxy) is 1. The van der Waals surface area contributed by atoms with Crippen LogP contribution in [0.15, 0.2) is 24.8 Å². The second-order valence-electron chi connectivity index (χ2n) is 16.7. The molecule has 0 bridgehead atoms. The molecule has 0 aromatic heterocycles. The van der Waals surface area contributed by atoms with E-state index in [0.29, 0.717) is 19.5 Å². The summed E-state index contributed by atoms with van der Waals surface area (Å²) < 4.78 is 5.53. The van der Waals surface area contributed by atoms with Crippen LogP contribution in [0.25, 0.3) is 0 Å². The zero-order valence-electron chi connectivity index (χ0n) is 33.0. The number of hydrogen-bond acceptors (Lipinski definition) is 7. The number of likely N-dealkylation sites (tertiary alicyclic amines) is 1. The van der Waals surface area contributed by atoms with E-state index in [9.17, 15) is 28.8 Å². The topological polar surface area (TPSA) is 163 Å². The molecular formula is C41H63N5O7. The van der Waals surface area contributed by atoms with Gasteiger partial charge in [-0.3, -0.25) is 24.0 Å². The number of hydrogen-bond donors (Lipinski definition) is 4. The molecule has 2 aliphatic carbocycles. The monoisotopic (exact) mass is 737 g/mol. The highest BCUT2D eigenvalue weighted by Crippen LogP contribution is 2.55. The molecule has 12 heteroatoms. The van der Waals surface area contributed by atoms with E-state index in [2.05, 4.69) is 40.3 Å². The van der Waals surface area contributed by atoms with E-state index in [1.807, 2.05) is 41.5 Å². The van der Waals surface area contributed by atoms with Crippen molar-refractivity contribution in [1.82, 2.24) is 26.2 Å². The van der Waals surface area contributed by atoms with Gasteiger partial charge in [0, 0.05) is 37.9 Å². The van der Waals surface area contributed by atoms with Gasteiger partial charge in [-0.05, 0) is 55.3 Å². The molecule has 1 aliphatic heterocycles. The fourth-order valence-electron chi connectivity index (χ4n) is 8.25. The average molecular weight is 738 g/mol. The molecule has 1 saturated heterocycles. The number of nitrogens with one attached hydrogen (secondary N) is 4. The van der Waals surface area contributed by atoms with Crippen molar-refractivity contribution >= 4 is 35.5 Å². The predicted octanol–water partition coefficient (Wildman–Crippen LogP) is 4.29. The zero-order valence-corrected chi connectivity index (χ0v) is 33.0. The molecule has 4 N–H and O–H groups in total. The summed E-state index contributed by atoms with van der Waals surface area (Å²) >= 11 is 0. The molecule has 0 radical (unpaired) electrons. The molecular weight excluding hydrogens is 674 g/mol. The van der Waals surface area contributed by atoms with Gasteiger partial charge in [0.05, 0.1) is 18.6 Å². The van der Waals surface area contributed by atoms with Gasteiger partial charge < -0.3 is 30.9 Å². The lowest BCUT2D eigenvalue weighted by atomic mass is 9.70. The van der Waals surface area contributed by atoms with E-state index in [1.165, 1.54) is 6.08 Å². The zero-order chi connectivity index (χ0) is 39.7. The largest absolute Gasteiger partial charge is 0.449 e. The Morgan fingerprint density at radius 1 is 1.06 bits per heavy atom. The van der Waals surface area contributed by atoms with Gasteiger partial charge in [-0.25, -0.2) is 4.79 Å². The van der Waals surface area contributed by atoms with Crippen molar-refractivity contribution < 1.29 is 33.5 Å². The van der Waals surface area contributed by atoms with Crippen LogP contribution in [0.1, 0.15) is 99.8 Å². The predicted molar refractivity (Wildman–Crippen MR) is 204 cm³/mol. The lowest BCUT2D eigenvalue weighted by Crippen LogP contribution is -2.61. The van der Waals surface area contributed by atoms with Crippen LogP contribution in [0.2, 0.25) is 0 Å². The number of carbonyl (C=O) groups is 6. The summed E-state index contributed by atoms with van der Waals surface area (Å²) in [6.07, 6.45) is 11.5. The summed E-state index contributed by atoms with van der Waals surface area (Å²) in [4.78, 5) is 82.8. The van der Waals surface area contributed by atoms with Gasteiger partial charge in [-0.2, -0.15) is 0 Å². The van der Waals surface area contributed by atoms with Crippen molar-refractivity contribution in [3.63, 3.8) is 0 Å². The molecule has 3 fully saturated rings. The Hall–Kier alpha value is -4.14. The minimum atomic E-state index is -1.18. The Morgan fingerprint density at radius 3 is 2.28 bits per heavy atom. The Kier molecular flexibility index (Phi) is 15.3.